The summed E-state index contributed by atoms with van der Waals surface area (Å²) in [5.74, 6) is 1.63. The van der Waals surface area contributed by atoms with Crippen molar-refractivity contribution in [1.82, 2.24) is 9.97 Å². The monoisotopic (exact) mass is 226 g/mol. The van der Waals surface area contributed by atoms with Crippen molar-refractivity contribution in [3.8, 4) is 0 Å². The van der Waals surface area contributed by atoms with Crippen LogP contribution in [0.5, 0.6) is 0 Å². The molecule has 0 saturated heterocycles. The fourth-order valence-electron chi connectivity index (χ4n) is 2.48. The molecule has 17 heavy (non-hydrogen) atoms. The number of benzene rings is 1. The molecule has 1 N–H and O–H groups in total. The van der Waals surface area contributed by atoms with E-state index >= 15 is 0 Å². The molecule has 0 spiro atoms. The number of rotatable bonds is 4. The summed E-state index contributed by atoms with van der Waals surface area (Å²) in [7, 11) is 0. The molecule has 0 radical (unpaired) electrons. The van der Waals surface area contributed by atoms with Crippen LogP contribution in [0.15, 0.2) is 35.4 Å². The Labute approximate surface area is 102 Å². The van der Waals surface area contributed by atoms with Gasteiger partial charge in [0.25, 0.3) is 0 Å². The fourth-order valence-corrected chi connectivity index (χ4v) is 2.48. The molecule has 0 amide bonds. The van der Waals surface area contributed by atoms with E-state index in [1.807, 2.05) is 12.1 Å². The van der Waals surface area contributed by atoms with Crippen LogP contribution in [0.3, 0.4) is 0 Å². The van der Waals surface area contributed by atoms with E-state index in [1.165, 1.54) is 19.3 Å². The third-order valence-corrected chi connectivity index (χ3v) is 3.66. The van der Waals surface area contributed by atoms with E-state index in [-0.39, 0.29) is 0 Å². The topological polar surface area (TPSA) is 28.7 Å². The van der Waals surface area contributed by atoms with Crippen molar-refractivity contribution in [1.29, 1.82) is 0 Å². The normalized spacial score (nSPS) is 16.6. The van der Waals surface area contributed by atoms with Crippen molar-refractivity contribution in [3.05, 3.63) is 41.2 Å². The quantitative estimate of drug-likeness (QED) is 0.779. The van der Waals surface area contributed by atoms with Gasteiger partial charge in [-0.05, 0) is 31.4 Å². The number of H-pyrrole nitrogens is 1. The van der Waals surface area contributed by atoms with Gasteiger partial charge in [0, 0.05) is 5.92 Å². The first-order valence-corrected chi connectivity index (χ1v) is 6.42. The number of aromatic amines is 1. The van der Waals surface area contributed by atoms with E-state index < -0.39 is 0 Å². The minimum Gasteiger partial charge on any atom is -0.342 e. The van der Waals surface area contributed by atoms with Gasteiger partial charge in [0.15, 0.2) is 0 Å². The molecule has 1 heterocycles. The summed E-state index contributed by atoms with van der Waals surface area (Å²) in [6, 6.07) is 8.24. The van der Waals surface area contributed by atoms with Crippen molar-refractivity contribution < 1.29 is 0 Å². The number of nitrogens with zero attached hydrogens (tertiary/aromatic N) is 1. The van der Waals surface area contributed by atoms with Gasteiger partial charge in [-0.2, -0.15) is 0 Å². The van der Waals surface area contributed by atoms with Crippen LogP contribution in [0.25, 0.3) is 11.0 Å². The molecular formula is C15H18N2. The Morgan fingerprint density at radius 1 is 1.29 bits per heavy atom. The van der Waals surface area contributed by atoms with E-state index in [9.17, 15) is 0 Å². The number of nitrogens with one attached hydrogen (secondary N) is 1. The predicted octanol–water partition coefficient (Wildman–Crippen LogP) is 4.17. The molecule has 0 bridgehead atoms. The number of para-hydroxylation sites is 2. The average Bonchev–Trinajstić information content (AvgIpc) is 2.94. The van der Waals surface area contributed by atoms with E-state index in [0.29, 0.717) is 5.92 Å². The lowest BCUT2D eigenvalue weighted by molar-refractivity contribution is 0.717. The molecule has 0 fully saturated rings. The van der Waals surface area contributed by atoms with Crippen LogP contribution in [0, 0.1) is 0 Å². The van der Waals surface area contributed by atoms with Gasteiger partial charge in [0.2, 0.25) is 0 Å². The van der Waals surface area contributed by atoms with Crippen molar-refractivity contribution in [2.75, 3.05) is 0 Å². The van der Waals surface area contributed by atoms with Crippen LogP contribution >= 0.6 is 0 Å². The molecule has 3 rings (SSSR count). The molecule has 2 nitrogen and oxygen atoms in total. The van der Waals surface area contributed by atoms with Crippen LogP contribution in [0.4, 0.5) is 0 Å². The van der Waals surface area contributed by atoms with Gasteiger partial charge in [-0.15, -0.1) is 0 Å². The third kappa shape index (κ3) is 1.99. The number of aromatic nitrogens is 2. The maximum Gasteiger partial charge on any atom is 0.110 e. The van der Waals surface area contributed by atoms with Gasteiger partial charge in [0.05, 0.1) is 11.0 Å². The number of allylic oxidation sites excluding steroid dienone is 2. The molecule has 1 aliphatic carbocycles. The van der Waals surface area contributed by atoms with Crippen molar-refractivity contribution in [3.63, 3.8) is 0 Å². The molecule has 1 atom stereocenters. The Kier molecular flexibility index (Phi) is 2.50. The highest BCUT2D eigenvalue weighted by atomic mass is 14.9. The fraction of sp³-hybridized carbons (Fsp3) is 0.400. The molecule has 1 aliphatic rings. The SMILES string of the molecule is CCC1=C(C[C@@H](C)c2nc3ccccc3[nH]2)C1. The molecule has 88 valence electrons. The van der Waals surface area contributed by atoms with Crippen LogP contribution in [0.2, 0.25) is 0 Å². The van der Waals surface area contributed by atoms with E-state index in [1.54, 1.807) is 11.1 Å². The van der Waals surface area contributed by atoms with E-state index in [2.05, 4.69) is 35.9 Å². The van der Waals surface area contributed by atoms with Crippen molar-refractivity contribution >= 4 is 11.0 Å². The summed E-state index contributed by atoms with van der Waals surface area (Å²) in [6.45, 7) is 4.50. The molecule has 1 aromatic carbocycles. The lowest BCUT2D eigenvalue weighted by Gasteiger charge is -2.04. The largest absolute Gasteiger partial charge is 0.342 e. The molecule has 0 saturated carbocycles. The Balaban J connectivity index is 1.81. The molecule has 1 aromatic heterocycles. The number of imidazole rings is 1. The summed E-state index contributed by atoms with van der Waals surface area (Å²) in [6.07, 6.45) is 3.66. The summed E-state index contributed by atoms with van der Waals surface area (Å²) in [5, 5.41) is 0. The zero-order chi connectivity index (χ0) is 11.8. The molecule has 2 heteroatoms. The Hall–Kier alpha value is -1.57. The Bertz CT molecular complexity index is 544. The molecular weight excluding hydrogens is 208 g/mol. The van der Waals surface area contributed by atoms with Crippen molar-refractivity contribution in [2.24, 2.45) is 0 Å². The molecule has 0 aliphatic heterocycles. The highest BCUT2D eigenvalue weighted by Crippen LogP contribution is 2.40. The Morgan fingerprint density at radius 3 is 2.82 bits per heavy atom. The number of hydrogen-bond acceptors (Lipinski definition) is 1. The Morgan fingerprint density at radius 2 is 2.12 bits per heavy atom. The average molecular weight is 226 g/mol. The summed E-state index contributed by atoms with van der Waals surface area (Å²) >= 11 is 0. The van der Waals surface area contributed by atoms with Crippen LogP contribution in [-0.4, -0.2) is 9.97 Å². The molecule has 0 unspecified atom stereocenters. The van der Waals surface area contributed by atoms with Gasteiger partial charge in [-0.25, -0.2) is 4.98 Å². The number of fused-ring (bicyclic) bond motifs is 1. The first-order chi connectivity index (χ1) is 8.28. The van der Waals surface area contributed by atoms with Crippen LogP contribution in [0.1, 0.15) is 44.9 Å². The highest BCUT2D eigenvalue weighted by molar-refractivity contribution is 5.74. The van der Waals surface area contributed by atoms with Gasteiger partial charge in [-0.1, -0.05) is 37.1 Å². The zero-order valence-electron chi connectivity index (χ0n) is 10.5. The maximum atomic E-state index is 4.67. The van der Waals surface area contributed by atoms with E-state index in [0.717, 1.165) is 16.9 Å². The number of hydrogen-bond donors (Lipinski definition) is 1. The lowest BCUT2D eigenvalue weighted by Crippen LogP contribution is -1.94. The van der Waals surface area contributed by atoms with Crippen LogP contribution in [-0.2, 0) is 0 Å². The van der Waals surface area contributed by atoms with Gasteiger partial charge < -0.3 is 4.98 Å². The summed E-state index contributed by atoms with van der Waals surface area (Å²) in [5.41, 5.74) is 5.54. The van der Waals surface area contributed by atoms with Gasteiger partial charge in [0.1, 0.15) is 5.82 Å². The summed E-state index contributed by atoms with van der Waals surface area (Å²) < 4.78 is 0. The second-order valence-electron chi connectivity index (χ2n) is 4.98. The minimum atomic E-state index is 0.501. The summed E-state index contributed by atoms with van der Waals surface area (Å²) in [4.78, 5) is 8.09. The third-order valence-electron chi connectivity index (χ3n) is 3.66. The highest BCUT2D eigenvalue weighted by Gasteiger charge is 2.22. The standard InChI is InChI=1S/C15H18N2/c1-3-11-9-12(11)8-10(2)15-16-13-6-4-5-7-14(13)17-15/h4-7,10H,3,8-9H2,1-2H3,(H,16,17)/t10-/m1/s1. The zero-order valence-corrected chi connectivity index (χ0v) is 10.5. The van der Waals surface area contributed by atoms with Crippen LogP contribution < -0.4 is 0 Å². The maximum absolute atomic E-state index is 4.67. The minimum absolute atomic E-state index is 0.501. The first-order valence-electron chi connectivity index (χ1n) is 6.42. The molecule has 2 aromatic rings. The smallest absolute Gasteiger partial charge is 0.110 e. The first kappa shape index (κ1) is 10.6. The second-order valence-corrected chi connectivity index (χ2v) is 4.98. The van der Waals surface area contributed by atoms with E-state index in [4.69, 9.17) is 0 Å². The predicted molar refractivity (Wildman–Crippen MR) is 71.1 cm³/mol. The van der Waals surface area contributed by atoms with Gasteiger partial charge in [-0.3, -0.25) is 0 Å². The van der Waals surface area contributed by atoms with Gasteiger partial charge >= 0.3 is 0 Å². The second kappa shape index (κ2) is 4.02. The lowest BCUT2D eigenvalue weighted by atomic mass is 10.1. The van der Waals surface area contributed by atoms with Crippen molar-refractivity contribution in [2.45, 2.75) is 39.0 Å².